The third-order valence-corrected chi connectivity index (χ3v) is 3.84. The van der Waals surface area contributed by atoms with Gasteiger partial charge in [0.05, 0.1) is 18.8 Å². The van der Waals surface area contributed by atoms with E-state index in [1.165, 1.54) is 19.1 Å². The first kappa shape index (κ1) is 16.5. The number of oxazole rings is 1. The third kappa shape index (κ3) is 3.15. The maximum Gasteiger partial charge on any atom is 0.278 e. The van der Waals surface area contributed by atoms with Gasteiger partial charge in [-0.2, -0.15) is 5.10 Å². The lowest BCUT2D eigenvalue weighted by Gasteiger charge is -2.15. The van der Waals surface area contributed by atoms with Gasteiger partial charge in [-0.15, -0.1) is 12.4 Å². The molecule has 3 rings (SSSR count). The van der Waals surface area contributed by atoms with Crippen molar-refractivity contribution in [2.75, 3.05) is 5.32 Å². The normalized spacial score (nSPS) is 14.8. The smallest absolute Gasteiger partial charge is 0.278 e. The first-order chi connectivity index (χ1) is 10.2. The quantitative estimate of drug-likeness (QED) is 0.899. The Morgan fingerprint density at radius 1 is 1.50 bits per heavy atom. The molecule has 0 bridgehead atoms. The molecule has 22 heavy (non-hydrogen) atoms. The van der Waals surface area contributed by atoms with E-state index in [4.69, 9.17) is 10.2 Å². The number of aryl methyl sites for hydroxylation is 1. The number of nitrogens with two attached hydrogens (primary N) is 1. The van der Waals surface area contributed by atoms with Gasteiger partial charge in [0, 0.05) is 5.56 Å². The molecule has 1 saturated carbocycles. The molecule has 120 valence electrons. The summed E-state index contributed by atoms with van der Waals surface area (Å²) in [6.45, 7) is 2.11. The lowest BCUT2D eigenvalue weighted by atomic mass is 10.2. The Morgan fingerprint density at radius 3 is 2.86 bits per heavy atom. The second-order valence-electron chi connectivity index (χ2n) is 5.34. The standard InChI is InChI=1S/C14H19N5O2.ClH/c1-9-7-16-19(10-4-2-3-5-10)13(9)18-14(20)11-8-21-12(6-15)17-11;/h7-8,10H,2-6,15H2,1H3,(H,18,20);1H. The molecular weight excluding hydrogens is 306 g/mol. The number of amides is 1. The molecule has 7 nitrogen and oxygen atoms in total. The van der Waals surface area contributed by atoms with Crippen LogP contribution in [0.1, 0.15) is 53.7 Å². The molecule has 0 unspecified atom stereocenters. The van der Waals surface area contributed by atoms with E-state index in [0.29, 0.717) is 11.9 Å². The Balaban J connectivity index is 0.00000176. The number of hydrogen-bond donors (Lipinski definition) is 2. The fraction of sp³-hybridized carbons (Fsp3) is 0.500. The first-order valence-electron chi connectivity index (χ1n) is 7.19. The highest BCUT2D eigenvalue weighted by Gasteiger charge is 2.23. The average molecular weight is 326 g/mol. The molecule has 1 aliphatic carbocycles. The molecule has 3 N–H and O–H groups in total. The van der Waals surface area contributed by atoms with Crippen molar-refractivity contribution in [1.82, 2.24) is 14.8 Å². The fourth-order valence-corrected chi connectivity index (χ4v) is 2.71. The van der Waals surface area contributed by atoms with Crippen LogP contribution in [-0.2, 0) is 6.54 Å². The summed E-state index contributed by atoms with van der Waals surface area (Å²) in [5, 5.41) is 7.29. The Morgan fingerprint density at radius 2 is 2.23 bits per heavy atom. The molecule has 0 aromatic carbocycles. The van der Waals surface area contributed by atoms with Gasteiger partial charge in [-0.1, -0.05) is 12.8 Å². The molecule has 0 radical (unpaired) electrons. The van der Waals surface area contributed by atoms with E-state index >= 15 is 0 Å². The molecule has 0 atom stereocenters. The number of nitrogens with zero attached hydrogens (tertiary/aromatic N) is 3. The second-order valence-corrected chi connectivity index (χ2v) is 5.34. The number of rotatable bonds is 4. The van der Waals surface area contributed by atoms with E-state index in [9.17, 15) is 4.79 Å². The van der Waals surface area contributed by atoms with Crippen molar-refractivity contribution in [3.63, 3.8) is 0 Å². The monoisotopic (exact) mass is 325 g/mol. The van der Waals surface area contributed by atoms with Crippen molar-refractivity contribution < 1.29 is 9.21 Å². The largest absolute Gasteiger partial charge is 0.447 e. The minimum atomic E-state index is -0.304. The summed E-state index contributed by atoms with van der Waals surface area (Å²) in [5.41, 5.74) is 6.60. The number of carbonyl (C=O) groups excluding carboxylic acids is 1. The van der Waals surface area contributed by atoms with Crippen LogP contribution in [0.5, 0.6) is 0 Å². The topological polar surface area (TPSA) is 99.0 Å². The minimum Gasteiger partial charge on any atom is -0.447 e. The Labute approximate surface area is 134 Å². The zero-order valence-corrected chi connectivity index (χ0v) is 13.2. The summed E-state index contributed by atoms with van der Waals surface area (Å²) in [6, 6.07) is 0.367. The van der Waals surface area contributed by atoms with E-state index in [1.807, 2.05) is 11.6 Å². The van der Waals surface area contributed by atoms with Crippen molar-refractivity contribution in [3.05, 3.63) is 29.6 Å². The first-order valence-corrected chi connectivity index (χ1v) is 7.19. The summed E-state index contributed by atoms with van der Waals surface area (Å²) in [6.07, 6.45) is 7.72. The van der Waals surface area contributed by atoms with Crippen LogP contribution in [0.15, 0.2) is 16.9 Å². The molecule has 8 heteroatoms. The van der Waals surface area contributed by atoms with Crippen LogP contribution in [0.4, 0.5) is 5.82 Å². The van der Waals surface area contributed by atoms with Crippen molar-refractivity contribution in [1.29, 1.82) is 0 Å². The van der Waals surface area contributed by atoms with Gasteiger partial charge in [0.25, 0.3) is 5.91 Å². The molecule has 1 fully saturated rings. The molecule has 2 aromatic heterocycles. The lowest BCUT2D eigenvalue weighted by Crippen LogP contribution is -2.18. The zero-order chi connectivity index (χ0) is 14.8. The Kier molecular flexibility index (Phi) is 5.20. The summed E-state index contributed by atoms with van der Waals surface area (Å²) in [5.74, 6) is 0.784. The van der Waals surface area contributed by atoms with Crippen molar-refractivity contribution in [3.8, 4) is 0 Å². The van der Waals surface area contributed by atoms with E-state index in [-0.39, 0.29) is 30.6 Å². The minimum absolute atomic E-state index is 0. The van der Waals surface area contributed by atoms with Crippen LogP contribution < -0.4 is 11.1 Å². The molecule has 2 heterocycles. The summed E-state index contributed by atoms with van der Waals surface area (Å²) in [4.78, 5) is 16.3. The van der Waals surface area contributed by atoms with Crippen LogP contribution in [0.25, 0.3) is 0 Å². The van der Waals surface area contributed by atoms with Gasteiger partial charge in [-0.05, 0) is 19.8 Å². The van der Waals surface area contributed by atoms with E-state index in [2.05, 4.69) is 15.4 Å². The number of halogens is 1. The van der Waals surface area contributed by atoms with Crippen LogP contribution in [0.3, 0.4) is 0 Å². The van der Waals surface area contributed by atoms with Gasteiger partial charge in [-0.3, -0.25) is 4.79 Å². The third-order valence-electron chi connectivity index (χ3n) is 3.84. The van der Waals surface area contributed by atoms with Gasteiger partial charge in [0.15, 0.2) is 5.69 Å². The molecule has 0 spiro atoms. The lowest BCUT2D eigenvalue weighted by molar-refractivity contribution is 0.102. The van der Waals surface area contributed by atoms with Gasteiger partial charge >= 0.3 is 0 Å². The molecule has 1 amide bonds. The van der Waals surface area contributed by atoms with Gasteiger partial charge in [-0.25, -0.2) is 9.67 Å². The second kappa shape index (κ2) is 6.93. The average Bonchev–Trinajstić information content (AvgIpc) is 3.20. The number of nitrogens with one attached hydrogen (secondary N) is 1. The highest BCUT2D eigenvalue weighted by molar-refractivity contribution is 6.02. The van der Waals surface area contributed by atoms with Gasteiger partial charge in [0.2, 0.25) is 5.89 Å². The van der Waals surface area contributed by atoms with E-state index < -0.39 is 0 Å². The highest BCUT2D eigenvalue weighted by Crippen LogP contribution is 2.32. The molecule has 2 aromatic rings. The predicted molar refractivity (Wildman–Crippen MR) is 84.1 cm³/mol. The summed E-state index contributed by atoms with van der Waals surface area (Å²) in [7, 11) is 0. The maximum absolute atomic E-state index is 12.2. The highest BCUT2D eigenvalue weighted by atomic mass is 35.5. The van der Waals surface area contributed by atoms with Gasteiger partial charge < -0.3 is 15.5 Å². The van der Waals surface area contributed by atoms with Crippen LogP contribution in [0.2, 0.25) is 0 Å². The molecule has 1 aliphatic rings. The molecule has 0 saturated heterocycles. The summed E-state index contributed by atoms with van der Waals surface area (Å²) >= 11 is 0. The number of carbonyl (C=O) groups is 1. The fourth-order valence-electron chi connectivity index (χ4n) is 2.71. The Hall–Kier alpha value is -1.86. The Bertz CT molecular complexity index is 645. The van der Waals surface area contributed by atoms with Crippen LogP contribution in [0, 0.1) is 6.92 Å². The van der Waals surface area contributed by atoms with Crippen molar-refractivity contribution in [2.24, 2.45) is 5.73 Å². The number of anilines is 1. The SMILES string of the molecule is Cc1cnn(C2CCCC2)c1NC(=O)c1coc(CN)n1.Cl. The number of hydrogen-bond acceptors (Lipinski definition) is 5. The molecular formula is C14H20ClN5O2. The zero-order valence-electron chi connectivity index (χ0n) is 12.4. The summed E-state index contributed by atoms with van der Waals surface area (Å²) < 4.78 is 7.02. The van der Waals surface area contributed by atoms with Crippen LogP contribution >= 0.6 is 12.4 Å². The maximum atomic E-state index is 12.2. The van der Waals surface area contributed by atoms with E-state index in [0.717, 1.165) is 24.2 Å². The molecule has 0 aliphatic heterocycles. The van der Waals surface area contributed by atoms with E-state index in [1.54, 1.807) is 6.20 Å². The predicted octanol–water partition coefficient (Wildman–Crippen LogP) is 2.43. The van der Waals surface area contributed by atoms with Crippen LogP contribution in [-0.4, -0.2) is 20.7 Å². The van der Waals surface area contributed by atoms with Crippen molar-refractivity contribution >= 4 is 24.1 Å². The van der Waals surface area contributed by atoms with Gasteiger partial charge in [0.1, 0.15) is 12.1 Å². The van der Waals surface area contributed by atoms with Crippen molar-refractivity contribution in [2.45, 2.75) is 45.2 Å². The number of aromatic nitrogens is 3.